The Bertz CT molecular complexity index is 862. The lowest BCUT2D eigenvalue weighted by molar-refractivity contribution is -0.136. The van der Waals surface area contributed by atoms with E-state index in [4.69, 9.17) is 4.74 Å². The van der Waals surface area contributed by atoms with Crippen LogP contribution in [0, 0.1) is 0 Å². The van der Waals surface area contributed by atoms with Gasteiger partial charge in [-0.3, -0.25) is 4.79 Å². The van der Waals surface area contributed by atoms with Crippen molar-refractivity contribution in [1.29, 1.82) is 0 Å². The normalized spacial score (nSPS) is 16.1. The highest BCUT2D eigenvalue weighted by Gasteiger charge is 2.24. The molecule has 4 rings (SSSR count). The van der Waals surface area contributed by atoms with Crippen LogP contribution in [0.2, 0.25) is 0 Å². The van der Waals surface area contributed by atoms with Crippen LogP contribution < -0.4 is 4.74 Å². The fraction of sp³-hybridized carbons (Fsp3) is 0.316. The Balaban J connectivity index is 1.59. The number of carbonyl (C=O) groups is 1. The van der Waals surface area contributed by atoms with E-state index in [0.29, 0.717) is 0 Å². The van der Waals surface area contributed by atoms with Crippen molar-refractivity contribution >= 4 is 27.7 Å². The molecule has 0 bridgehead atoms. The maximum absolute atomic E-state index is 12.3. The van der Waals surface area contributed by atoms with Gasteiger partial charge in [0.2, 0.25) is 0 Å². The second kappa shape index (κ2) is 5.61. The third-order valence-corrected chi connectivity index (χ3v) is 4.56. The van der Waals surface area contributed by atoms with Crippen molar-refractivity contribution in [2.75, 3.05) is 13.1 Å². The number of ether oxygens (including phenoxy) is 1. The van der Waals surface area contributed by atoms with Crippen LogP contribution in [-0.4, -0.2) is 35.0 Å². The third kappa shape index (κ3) is 2.54. The van der Waals surface area contributed by atoms with Crippen molar-refractivity contribution in [3.63, 3.8) is 0 Å². The van der Waals surface area contributed by atoms with Crippen molar-refractivity contribution in [3.8, 4) is 5.75 Å². The van der Waals surface area contributed by atoms with E-state index < -0.39 is 6.10 Å². The van der Waals surface area contributed by atoms with E-state index >= 15 is 0 Å². The summed E-state index contributed by atoms with van der Waals surface area (Å²) in [6, 6.07) is 14.2. The zero-order chi connectivity index (χ0) is 15.8. The quantitative estimate of drug-likeness (QED) is 0.801. The lowest BCUT2D eigenvalue weighted by Gasteiger charge is -2.21. The molecular formula is C19H20N2O2. The van der Waals surface area contributed by atoms with E-state index in [9.17, 15) is 4.79 Å². The molecule has 1 N–H and O–H groups in total. The number of aromatic amines is 1. The third-order valence-electron chi connectivity index (χ3n) is 4.56. The van der Waals surface area contributed by atoms with Gasteiger partial charge in [0.1, 0.15) is 5.75 Å². The number of fused-ring (bicyclic) bond motifs is 3. The molecule has 0 saturated carbocycles. The Labute approximate surface area is 135 Å². The van der Waals surface area contributed by atoms with Crippen LogP contribution in [0.25, 0.3) is 21.8 Å². The molecule has 4 nitrogen and oxygen atoms in total. The molecule has 0 unspecified atom stereocenters. The van der Waals surface area contributed by atoms with Crippen molar-refractivity contribution in [3.05, 3.63) is 42.5 Å². The molecule has 1 saturated heterocycles. The maximum atomic E-state index is 12.3. The average Bonchev–Trinajstić information content (AvgIpc) is 3.21. The number of nitrogens with one attached hydrogen (secondary N) is 1. The molecule has 2 heterocycles. The molecule has 0 aliphatic carbocycles. The van der Waals surface area contributed by atoms with Gasteiger partial charge >= 0.3 is 0 Å². The summed E-state index contributed by atoms with van der Waals surface area (Å²) in [6.45, 7) is 3.54. The van der Waals surface area contributed by atoms with Gasteiger partial charge in [-0.05, 0) is 38.0 Å². The Morgan fingerprint density at radius 2 is 1.83 bits per heavy atom. The van der Waals surface area contributed by atoms with Crippen LogP contribution >= 0.6 is 0 Å². The van der Waals surface area contributed by atoms with Crippen LogP contribution in [0.15, 0.2) is 42.5 Å². The monoisotopic (exact) mass is 308 g/mol. The number of benzene rings is 2. The number of amides is 1. The Kier molecular flexibility index (Phi) is 3.45. The van der Waals surface area contributed by atoms with E-state index in [-0.39, 0.29) is 5.91 Å². The van der Waals surface area contributed by atoms with E-state index in [2.05, 4.69) is 23.2 Å². The highest BCUT2D eigenvalue weighted by Crippen LogP contribution is 2.28. The Morgan fingerprint density at radius 1 is 1.09 bits per heavy atom. The number of rotatable bonds is 3. The lowest BCUT2D eigenvalue weighted by Crippen LogP contribution is -2.38. The molecule has 1 aromatic heterocycles. The largest absolute Gasteiger partial charge is 0.481 e. The van der Waals surface area contributed by atoms with E-state index in [1.807, 2.05) is 36.1 Å². The van der Waals surface area contributed by atoms with Crippen LogP contribution in [0.5, 0.6) is 5.75 Å². The summed E-state index contributed by atoms with van der Waals surface area (Å²) >= 11 is 0. The summed E-state index contributed by atoms with van der Waals surface area (Å²) in [6.07, 6.45) is 1.74. The van der Waals surface area contributed by atoms with Gasteiger partial charge in [-0.1, -0.05) is 18.2 Å². The predicted octanol–water partition coefficient (Wildman–Crippen LogP) is 3.71. The summed E-state index contributed by atoms with van der Waals surface area (Å²) in [4.78, 5) is 17.6. The van der Waals surface area contributed by atoms with Crippen LogP contribution in [0.3, 0.4) is 0 Å². The second-order valence-electron chi connectivity index (χ2n) is 6.17. The molecule has 1 aliphatic rings. The summed E-state index contributed by atoms with van der Waals surface area (Å²) < 4.78 is 5.88. The summed E-state index contributed by atoms with van der Waals surface area (Å²) in [7, 11) is 0. The molecular weight excluding hydrogens is 288 g/mol. The SMILES string of the molecule is C[C@@H](Oc1ccc2c(c1)[nH]c1ccccc12)C(=O)N1CCCC1. The molecule has 1 aliphatic heterocycles. The number of hydrogen-bond donors (Lipinski definition) is 1. The minimum atomic E-state index is -0.449. The fourth-order valence-electron chi connectivity index (χ4n) is 3.36. The van der Waals surface area contributed by atoms with Gasteiger partial charge < -0.3 is 14.6 Å². The average molecular weight is 308 g/mol. The number of H-pyrrole nitrogens is 1. The minimum Gasteiger partial charge on any atom is -0.481 e. The van der Waals surface area contributed by atoms with Crippen LogP contribution in [0.1, 0.15) is 19.8 Å². The predicted molar refractivity (Wildman–Crippen MR) is 91.7 cm³/mol. The first-order valence-electron chi connectivity index (χ1n) is 8.18. The zero-order valence-electron chi connectivity index (χ0n) is 13.2. The number of aromatic nitrogens is 1. The van der Waals surface area contributed by atoms with E-state index in [0.717, 1.165) is 42.7 Å². The molecule has 4 heteroatoms. The molecule has 0 spiro atoms. The Hall–Kier alpha value is -2.49. The van der Waals surface area contributed by atoms with Gasteiger partial charge in [-0.25, -0.2) is 0 Å². The summed E-state index contributed by atoms with van der Waals surface area (Å²) in [5.74, 6) is 0.809. The molecule has 0 radical (unpaired) electrons. The van der Waals surface area contributed by atoms with Crippen molar-refractivity contribution in [2.24, 2.45) is 0 Å². The first-order chi connectivity index (χ1) is 11.2. The van der Waals surface area contributed by atoms with Gasteiger partial charge in [0.05, 0.1) is 5.52 Å². The highest BCUT2D eigenvalue weighted by atomic mass is 16.5. The smallest absolute Gasteiger partial charge is 0.263 e. The topological polar surface area (TPSA) is 45.3 Å². The fourth-order valence-corrected chi connectivity index (χ4v) is 3.36. The van der Waals surface area contributed by atoms with E-state index in [1.165, 1.54) is 10.8 Å². The molecule has 3 aromatic rings. The van der Waals surface area contributed by atoms with Gasteiger partial charge in [0.15, 0.2) is 6.10 Å². The van der Waals surface area contributed by atoms with Crippen molar-refractivity contribution < 1.29 is 9.53 Å². The molecule has 2 aromatic carbocycles. The van der Waals surface area contributed by atoms with Crippen molar-refractivity contribution in [1.82, 2.24) is 9.88 Å². The minimum absolute atomic E-state index is 0.0826. The van der Waals surface area contributed by atoms with E-state index in [1.54, 1.807) is 0 Å². The van der Waals surface area contributed by atoms with Gasteiger partial charge in [-0.2, -0.15) is 0 Å². The van der Waals surface area contributed by atoms with Crippen LogP contribution in [0.4, 0.5) is 0 Å². The number of nitrogens with zero attached hydrogens (tertiary/aromatic N) is 1. The molecule has 1 atom stereocenters. The number of carbonyl (C=O) groups excluding carboxylic acids is 1. The molecule has 1 fully saturated rings. The van der Waals surface area contributed by atoms with Crippen LogP contribution in [-0.2, 0) is 4.79 Å². The lowest BCUT2D eigenvalue weighted by atomic mass is 10.1. The Morgan fingerprint density at radius 3 is 2.65 bits per heavy atom. The summed E-state index contributed by atoms with van der Waals surface area (Å²) in [5.41, 5.74) is 2.14. The molecule has 118 valence electrons. The second-order valence-corrected chi connectivity index (χ2v) is 6.17. The highest BCUT2D eigenvalue weighted by molar-refractivity contribution is 6.07. The van der Waals surface area contributed by atoms with Gasteiger partial charge in [0.25, 0.3) is 5.91 Å². The molecule has 23 heavy (non-hydrogen) atoms. The molecule has 1 amide bonds. The first kappa shape index (κ1) is 14.1. The maximum Gasteiger partial charge on any atom is 0.263 e. The van der Waals surface area contributed by atoms with Crippen molar-refractivity contribution in [2.45, 2.75) is 25.9 Å². The number of likely N-dealkylation sites (tertiary alicyclic amines) is 1. The van der Waals surface area contributed by atoms with Gasteiger partial charge in [0, 0.05) is 35.4 Å². The standard InChI is InChI=1S/C19H20N2O2/c1-13(19(22)21-10-4-5-11-21)23-14-8-9-16-15-6-2-3-7-17(15)20-18(16)12-14/h2-3,6-9,12-13,20H,4-5,10-11H2,1H3/t13-/m1/s1. The zero-order valence-corrected chi connectivity index (χ0v) is 13.2. The summed E-state index contributed by atoms with van der Waals surface area (Å²) in [5, 5.41) is 2.38. The number of para-hydroxylation sites is 1. The van der Waals surface area contributed by atoms with Gasteiger partial charge in [-0.15, -0.1) is 0 Å². The number of hydrogen-bond acceptors (Lipinski definition) is 2. The first-order valence-corrected chi connectivity index (χ1v) is 8.18.